The second-order valence-corrected chi connectivity index (χ2v) is 7.31. The Balaban J connectivity index is 1.35. The summed E-state index contributed by atoms with van der Waals surface area (Å²) in [7, 11) is 0. The highest BCUT2D eigenvalue weighted by molar-refractivity contribution is 5.70. The van der Waals surface area contributed by atoms with Gasteiger partial charge in [-0.05, 0) is 41.3 Å². The Morgan fingerprint density at radius 3 is 2.70 bits per heavy atom. The molecule has 0 saturated heterocycles. The largest absolute Gasteiger partial charge is 0.333 e. The molecule has 1 aliphatic rings. The first kappa shape index (κ1) is 18.4. The Kier molecular flexibility index (Phi) is 5.14. The van der Waals surface area contributed by atoms with Gasteiger partial charge in [-0.2, -0.15) is 4.98 Å². The van der Waals surface area contributed by atoms with Crippen molar-refractivity contribution in [1.29, 1.82) is 0 Å². The Morgan fingerprint density at radius 1 is 0.967 bits per heavy atom. The summed E-state index contributed by atoms with van der Waals surface area (Å²) >= 11 is 0. The summed E-state index contributed by atoms with van der Waals surface area (Å²) in [4.78, 5) is 15.7. The van der Waals surface area contributed by atoms with Crippen molar-refractivity contribution < 1.29 is 4.52 Å². The molecular weight excluding hydrogens is 374 g/mol. The summed E-state index contributed by atoms with van der Waals surface area (Å²) in [6.45, 7) is 2.90. The fourth-order valence-electron chi connectivity index (χ4n) is 3.66. The van der Waals surface area contributed by atoms with E-state index in [2.05, 4.69) is 67.5 Å². The minimum absolute atomic E-state index is 0.447. The maximum atomic E-state index is 5.48. The second-order valence-electron chi connectivity index (χ2n) is 7.31. The van der Waals surface area contributed by atoms with Crippen molar-refractivity contribution in [3.05, 3.63) is 90.4 Å². The minimum atomic E-state index is 0.447. The van der Waals surface area contributed by atoms with Crippen LogP contribution in [-0.4, -0.2) is 38.1 Å². The molecule has 4 heterocycles. The lowest BCUT2D eigenvalue weighted by Gasteiger charge is -2.27. The lowest BCUT2D eigenvalue weighted by atomic mass is 10.0. The normalized spacial score (nSPS) is 14.5. The molecule has 6 heteroatoms. The molecular formula is C24H21N5O. The molecule has 0 N–H and O–H groups in total. The molecule has 0 amide bonds. The third kappa shape index (κ3) is 4.04. The summed E-state index contributed by atoms with van der Waals surface area (Å²) in [5, 5.41) is 4.06. The highest BCUT2D eigenvalue weighted by Gasteiger charge is 2.17. The summed E-state index contributed by atoms with van der Waals surface area (Å²) in [6.07, 6.45) is 8.69. The van der Waals surface area contributed by atoms with E-state index < -0.39 is 0 Å². The van der Waals surface area contributed by atoms with Crippen LogP contribution < -0.4 is 0 Å². The molecule has 4 aromatic rings. The van der Waals surface area contributed by atoms with E-state index in [-0.39, 0.29) is 0 Å². The smallest absolute Gasteiger partial charge is 0.259 e. The maximum absolute atomic E-state index is 5.48. The Bertz CT molecular complexity index is 1150. The molecule has 1 aromatic carbocycles. The second kappa shape index (κ2) is 8.39. The monoisotopic (exact) mass is 395 g/mol. The van der Waals surface area contributed by atoms with E-state index in [1.165, 1.54) is 11.1 Å². The Hall–Kier alpha value is -3.64. The van der Waals surface area contributed by atoms with Gasteiger partial charge < -0.3 is 4.52 Å². The van der Waals surface area contributed by atoms with Gasteiger partial charge in [0, 0.05) is 38.2 Å². The number of pyridine rings is 2. The van der Waals surface area contributed by atoms with Crippen molar-refractivity contribution >= 4 is 5.57 Å². The fraction of sp³-hybridized carbons (Fsp3) is 0.167. The van der Waals surface area contributed by atoms with Crippen molar-refractivity contribution in [3.63, 3.8) is 0 Å². The van der Waals surface area contributed by atoms with Crippen molar-refractivity contribution in [1.82, 2.24) is 25.0 Å². The molecule has 0 aliphatic carbocycles. The quantitative estimate of drug-likeness (QED) is 0.496. The zero-order chi connectivity index (χ0) is 20.2. The molecule has 0 fully saturated rings. The van der Waals surface area contributed by atoms with Crippen LogP contribution in [0.3, 0.4) is 0 Å². The summed E-state index contributed by atoms with van der Waals surface area (Å²) in [5.41, 5.74) is 5.18. The molecule has 30 heavy (non-hydrogen) atoms. The summed E-state index contributed by atoms with van der Waals surface area (Å²) < 4.78 is 5.48. The van der Waals surface area contributed by atoms with Gasteiger partial charge in [-0.15, -0.1) is 0 Å². The number of benzene rings is 1. The van der Waals surface area contributed by atoms with Crippen molar-refractivity contribution in [3.8, 4) is 23.0 Å². The lowest BCUT2D eigenvalue weighted by Crippen LogP contribution is -2.29. The topological polar surface area (TPSA) is 67.9 Å². The molecule has 0 atom stereocenters. The molecule has 3 aromatic heterocycles. The highest BCUT2D eigenvalue weighted by Crippen LogP contribution is 2.26. The molecule has 6 nitrogen and oxygen atoms in total. The SMILES string of the molecule is C1=C(c2cncc(-c3nc(-c4ccccn4)no3)c2)CN(Cc2ccccc2)CC1. The summed E-state index contributed by atoms with van der Waals surface area (Å²) in [6, 6.07) is 18.3. The molecule has 0 unspecified atom stereocenters. The van der Waals surface area contributed by atoms with Crippen LogP contribution in [0, 0.1) is 0 Å². The molecule has 0 spiro atoms. The van der Waals surface area contributed by atoms with Crippen LogP contribution in [0.25, 0.3) is 28.5 Å². The fourth-order valence-corrected chi connectivity index (χ4v) is 3.66. The van der Waals surface area contributed by atoms with Gasteiger partial charge >= 0.3 is 0 Å². The Morgan fingerprint density at radius 2 is 1.83 bits per heavy atom. The van der Waals surface area contributed by atoms with Crippen LogP contribution in [-0.2, 0) is 6.54 Å². The zero-order valence-corrected chi connectivity index (χ0v) is 16.5. The van der Waals surface area contributed by atoms with Gasteiger partial charge in [0.1, 0.15) is 5.69 Å². The average molecular weight is 395 g/mol. The van der Waals surface area contributed by atoms with E-state index in [9.17, 15) is 0 Å². The first-order valence-corrected chi connectivity index (χ1v) is 10.0. The Labute approximate surface area is 174 Å². The lowest BCUT2D eigenvalue weighted by molar-refractivity contribution is 0.296. The number of hydrogen-bond acceptors (Lipinski definition) is 6. The number of nitrogens with zero attached hydrogens (tertiary/aromatic N) is 5. The van der Waals surface area contributed by atoms with E-state index in [4.69, 9.17) is 4.52 Å². The van der Waals surface area contributed by atoms with Crippen LogP contribution in [0.2, 0.25) is 0 Å². The van der Waals surface area contributed by atoms with Gasteiger partial charge in [0.2, 0.25) is 5.82 Å². The van der Waals surface area contributed by atoms with E-state index in [0.717, 1.165) is 37.2 Å². The average Bonchev–Trinajstić information content (AvgIpc) is 3.31. The van der Waals surface area contributed by atoms with Crippen LogP contribution in [0.1, 0.15) is 17.5 Å². The van der Waals surface area contributed by atoms with E-state index >= 15 is 0 Å². The van der Waals surface area contributed by atoms with Gasteiger partial charge in [0.15, 0.2) is 0 Å². The predicted octanol–water partition coefficient (Wildman–Crippen LogP) is 4.48. The molecule has 0 radical (unpaired) electrons. The van der Waals surface area contributed by atoms with Crippen LogP contribution in [0.5, 0.6) is 0 Å². The van der Waals surface area contributed by atoms with Crippen LogP contribution in [0.4, 0.5) is 0 Å². The zero-order valence-electron chi connectivity index (χ0n) is 16.5. The van der Waals surface area contributed by atoms with Gasteiger partial charge in [-0.1, -0.05) is 47.6 Å². The van der Waals surface area contributed by atoms with Crippen molar-refractivity contribution in [2.75, 3.05) is 13.1 Å². The van der Waals surface area contributed by atoms with E-state index in [1.807, 2.05) is 24.4 Å². The van der Waals surface area contributed by atoms with Crippen molar-refractivity contribution in [2.45, 2.75) is 13.0 Å². The van der Waals surface area contributed by atoms with E-state index in [1.54, 1.807) is 12.4 Å². The third-order valence-corrected chi connectivity index (χ3v) is 5.16. The molecule has 0 bridgehead atoms. The van der Waals surface area contributed by atoms with Crippen LogP contribution in [0.15, 0.2) is 83.8 Å². The molecule has 5 rings (SSSR count). The number of aromatic nitrogens is 4. The summed E-state index contributed by atoms with van der Waals surface area (Å²) in [5.74, 6) is 0.921. The van der Waals surface area contributed by atoms with Gasteiger partial charge in [-0.25, -0.2) is 0 Å². The third-order valence-electron chi connectivity index (χ3n) is 5.16. The van der Waals surface area contributed by atoms with Crippen molar-refractivity contribution in [2.24, 2.45) is 0 Å². The first-order chi connectivity index (χ1) is 14.8. The molecule has 0 saturated carbocycles. The minimum Gasteiger partial charge on any atom is -0.333 e. The van der Waals surface area contributed by atoms with Crippen LogP contribution >= 0.6 is 0 Å². The first-order valence-electron chi connectivity index (χ1n) is 10.0. The number of hydrogen-bond donors (Lipinski definition) is 0. The maximum Gasteiger partial charge on any atom is 0.259 e. The molecule has 148 valence electrons. The highest BCUT2D eigenvalue weighted by atomic mass is 16.5. The van der Waals surface area contributed by atoms with Gasteiger partial charge in [0.25, 0.3) is 5.89 Å². The number of rotatable bonds is 5. The van der Waals surface area contributed by atoms with Gasteiger partial charge in [0.05, 0.1) is 5.56 Å². The molecule has 1 aliphatic heterocycles. The standard InChI is InChI=1S/C24H21N5O/c1-2-7-18(8-3-1)16-29-12-6-9-19(17-29)20-13-21(15-25-14-20)24-27-23(28-30-24)22-10-4-5-11-26-22/h1-5,7-11,13-15H,6,12,16-17H2. The van der Waals surface area contributed by atoms with E-state index in [0.29, 0.717) is 17.4 Å². The predicted molar refractivity (Wildman–Crippen MR) is 115 cm³/mol. The van der Waals surface area contributed by atoms with Gasteiger partial charge in [-0.3, -0.25) is 14.9 Å².